The van der Waals surface area contributed by atoms with Crippen LogP contribution in [0.2, 0.25) is 0 Å². The first-order chi connectivity index (χ1) is 7.14. The zero-order chi connectivity index (χ0) is 12.6. The molecule has 0 radical (unpaired) electrons. The van der Waals surface area contributed by atoms with Crippen LogP contribution in [-0.4, -0.2) is 0 Å². The first-order valence-electron chi connectivity index (χ1n) is 5.90. The van der Waals surface area contributed by atoms with E-state index in [0.717, 1.165) is 5.56 Å². The smallest absolute Gasteiger partial charge is 0.872 e. The summed E-state index contributed by atoms with van der Waals surface area (Å²) in [6, 6.07) is 7.42. The molecule has 0 saturated carbocycles. The van der Waals surface area contributed by atoms with Crippen LogP contribution in [-0.2, 0) is 0 Å². The number of para-hydroxylation sites is 1. The Hall–Kier alpha value is -0.383. The molecule has 0 aliphatic carbocycles. The summed E-state index contributed by atoms with van der Waals surface area (Å²) in [5.74, 6) is 0.436. The number of hydrogen-bond donors (Lipinski definition) is 0. The predicted octanol–water partition coefficient (Wildman–Crippen LogP) is 0.940. The maximum atomic E-state index is 12.0. The van der Waals surface area contributed by atoms with Crippen molar-refractivity contribution in [3.8, 4) is 5.75 Å². The first kappa shape index (κ1) is 16.6. The Morgan fingerprint density at radius 1 is 0.882 bits per heavy atom. The van der Waals surface area contributed by atoms with E-state index in [9.17, 15) is 5.11 Å². The summed E-state index contributed by atoms with van der Waals surface area (Å²) in [7, 11) is 0. The van der Waals surface area contributed by atoms with E-state index in [1.165, 1.54) is 0 Å². The van der Waals surface area contributed by atoms with Gasteiger partial charge < -0.3 is 5.11 Å². The van der Waals surface area contributed by atoms with Gasteiger partial charge in [0.1, 0.15) is 0 Å². The van der Waals surface area contributed by atoms with Crippen molar-refractivity contribution in [3.63, 3.8) is 0 Å². The summed E-state index contributed by atoms with van der Waals surface area (Å²) in [6.07, 6.45) is 0. The second kappa shape index (κ2) is 5.51. The number of hydrogen-bond acceptors (Lipinski definition) is 1. The minimum atomic E-state index is 0. The zero-order valence-electron chi connectivity index (χ0n) is 12.3. The quantitative estimate of drug-likeness (QED) is 0.654. The van der Waals surface area contributed by atoms with Gasteiger partial charge in [0, 0.05) is 0 Å². The van der Waals surface area contributed by atoms with E-state index in [4.69, 9.17) is 0 Å². The fourth-order valence-electron chi connectivity index (χ4n) is 2.95. The first-order valence-corrected chi connectivity index (χ1v) is 5.90. The summed E-state index contributed by atoms with van der Waals surface area (Å²) in [4.78, 5) is 0. The van der Waals surface area contributed by atoms with Gasteiger partial charge in [-0.05, 0) is 16.7 Å². The van der Waals surface area contributed by atoms with Gasteiger partial charge in [-0.2, -0.15) is 0 Å². The molecule has 0 spiro atoms. The van der Waals surface area contributed by atoms with Crippen molar-refractivity contribution in [2.45, 2.75) is 47.5 Å². The third-order valence-corrected chi connectivity index (χ3v) is 2.96. The second-order valence-corrected chi connectivity index (χ2v) is 6.70. The molecule has 17 heavy (non-hydrogen) atoms. The van der Waals surface area contributed by atoms with Crippen molar-refractivity contribution in [1.29, 1.82) is 0 Å². The molecule has 0 heterocycles. The van der Waals surface area contributed by atoms with E-state index in [0.29, 0.717) is 0 Å². The van der Waals surface area contributed by atoms with Gasteiger partial charge in [-0.25, -0.2) is 0 Å². The fraction of sp³-hybridized carbons (Fsp3) is 0.600. The van der Waals surface area contributed by atoms with E-state index in [1.54, 1.807) is 6.07 Å². The molecule has 1 aromatic carbocycles. The fourth-order valence-corrected chi connectivity index (χ4v) is 2.95. The van der Waals surface area contributed by atoms with Gasteiger partial charge in [0.05, 0.1) is 0 Å². The maximum Gasteiger partial charge on any atom is 1.00 e. The molecule has 0 aromatic heterocycles. The molecule has 0 bridgehead atoms. The van der Waals surface area contributed by atoms with Crippen molar-refractivity contribution in [1.82, 2.24) is 0 Å². The Morgan fingerprint density at radius 3 is 1.65 bits per heavy atom. The van der Waals surface area contributed by atoms with Gasteiger partial charge in [0.25, 0.3) is 0 Å². The van der Waals surface area contributed by atoms with Crippen LogP contribution >= 0.6 is 0 Å². The molecule has 0 fully saturated rings. The summed E-state index contributed by atoms with van der Waals surface area (Å²) in [6.45, 7) is 13.2. The van der Waals surface area contributed by atoms with Gasteiger partial charge in [-0.3, -0.25) is 0 Å². The molecule has 0 saturated heterocycles. The molecule has 0 atom stereocenters. The summed E-state index contributed by atoms with van der Waals surface area (Å²) < 4.78 is 0. The van der Waals surface area contributed by atoms with Crippen LogP contribution in [0.15, 0.2) is 24.3 Å². The van der Waals surface area contributed by atoms with Gasteiger partial charge >= 0.3 is 18.9 Å². The van der Waals surface area contributed by atoms with Crippen LogP contribution in [0.5, 0.6) is 5.75 Å². The molecular weight excluding hydrogens is 203 g/mol. The van der Waals surface area contributed by atoms with E-state index in [-0.39, 0.29) is 41.4 Å². The Balaban J connectivity index is 0.00000256. The monoisotopic (exact) mass is 226 g/mol. The minimum Gasteiger partial charge on any atom is -0.872 e. The standard InChI is InChI=1S/C15H24O.Li/c1-14(2,3)13(15(4,5)6)11-9-7-8-10-12(11)16;/h7-10,13,16H,1-6H3;/q;+1/p-1. The zero-order valence-corrected chi connectivity index (χ0v) is 12.3. The molecule has 90 valence electrons. The molecule has 2 heteroatoms. The van der Waals surface area contributed by atoms with Crippen molar-refractivity contribution in [3.05, 3.63) is 29.8 Å². The van der Waals surface area contributed by atoms with Crippen molar-refractivity contribution in [2.24, 2.45) is 10.8 Å². The van der Waals surface area contributed by atoms with E-state index in [1.807, 2.05) is 18.2 Å². The largest absolute Gasteiger partial charge is 1.00 e. The molecule has 0 N–H and O–H groups in total. The summed E-state index contributed by atoms with van der Waals surface area (Å²) in [5, 5.41) is 12.0. The number of rotatable bonds is 1. The second-order valence-electron chi connectivity index (χ2n) is 6.70. The van der Waals surface area contributed by atoms with Crippen LogP contribution in [0.3, 0.4) is 0 Å². The van der Waals surface area contributed by atoms with Crippen molar-refractivity contribution < 1.29 is 24.0 Å². The SMILES string of the molecule is CC(C)(C)C(c1ccccc1[O-])C(C)(C)C.[Li+]. The third kappa shape index (κ3) is 4.09. The van der Waals surface area contributed by atoms with E-state index in [2.05, 4.69) is 41.5 Å². The topological polar surface area (TPSA) is 23.1 Å². The molecule has 0 unspecified atom stereocenters. The van der Waals surface area contributed by atoms with Crippen molar-refractivity contribution in [2.75, 3.05) is 0 Å². The van der Waals surface area contributed by atoms with Crippen LogP contribution < -0.4 is 24.0 Å². The Kier molecular flexibility index (Phi) is 5.38. The summed E-state index contributed by atoms with van der Waals surface area (Å²) >= 11 is 0. The maximum absolute atomic E-state index is 12.0. The van der Waals surface area contributed by atoms with Gasteiger partial charge in [-0.1, -0.05) is 71.4 Å². The van der Waals surface area contributed by atoms with Crippen LogP contribution in [0.1, 0.15) is 53.0 Å². The van der Waals surface area contributed by atoms with Crippen LogP contribution in [0.25, 0.3) is 0 Å². The van der Waals surface area contributed by atoms with Crippen LogP contribution in [0.4, 0.5) is 0 Å². The van der Waals surface area contributed by atoms with E-state index < -0.39 is 0 Å². The minimum absolute atomic E-state index is 0. The molecular formula is C15H23LiO. The average molecular weight is 226 g/mol. The van der Waals surface area contributed by atoms with E-state index >= 15 is 0 Å². The molecule has 0 amide bonds. The molecule has 1 aromatic rings. The third-order valence-electron chi connectivity index (χ3n) is 2.96. The molecule has 0 aliphatic heterocycles. The van der Waals surface area contributed by atoms with Crippen LogP contribution in [0, 0.1) is 10.8 Å². The molecule has 0 aliphatic rings. The summed E-state index contributed by atoms with van der Waals surface area (Å²) in [5.41, 5.74) is 1.14. The van der Waals surface area contributed by atoms with Gasteiger partial charge in [0.2, 0.25) is 0 Å². The Morgan fingerprint density at radius 2 is 1.29 bits per heavy atom. The van der Waals surface area contributed by atoms with Gasteiger partial charge in [0.15, 0.2) is 0 Å². The average Bonchev–Trinajstić information content (AvgIpc) is 2.03. The molecule has 1 rings (SSSR count). The van der Waals surface area contributed by atoms with Crippen molar-refractivity contribution >= 4 is 0 Å². The Labute approximate surface area is 118 Å². The predicted molar refractivity (Wildman–Crippen MR) is 67.5 cm³/mol. The Bertz CT molecular complexity index is 344. The number of benzene rings is 1. The van der Waals surface area contributed by atoms with Gasteiger partial charge in [-0.15, -0.1) is 5.75 Å². The molecule has 1 nitrogen and oxygen atoms in total. The normalized spacial score (nSPS) is 12.4.